The summed E-state index contributed by atoms with van der Waals surface area (Å²) < 4.78 is 3.13. The van der Waals surface area contributed by atoms with Crippen LogP contribution in [0.4, 0.5) is 11.4 Å². The Morgan fingerprint density at radius 3 is 2.83 bits per heavy atom. The van der Waals surface area contributed by atoms with Crippen LogP contribution in [-0.4, -0.2) is 5.75 Å². The van der Waals surface area contributed by atoms with Crippen molar-refractivity contribution < 1.29 is 0 Å². The molecule has 12 heavy (non-hydrogen) atoms. The highest BCUT2D eigenvalue weighted by Crippen LogP contribution is 2.22. The predicted molar refractivity (Wildman–Crippen MR) is 57.6 cm³/mol. The number of rotatable bonds is 3. The first-order chi connectivity index (χ1) is 5.72. The van der Waals surface area contributed by atoms with Crippen molar-refractivity contribution >= 4 is 34.9 Å². The van der Waals surface area contributed by atoms with E-state index in [2.05, 4.69) is 11.6 Å². The van der Waals surface area contributed by atoms with E-state index in [9.17, 15) is 0 Å². The third-order valence-electron chi connectivity index (χ3n) is 1.25. The van der Waals surface area contributed by atoms with Crippen LogP contribution in [0.3, 0.4) is 0 Å². The van der Waals surface area contributed by atoms with Gasteiger partial charge in [0, 0.05) is 22.2 Å². The number of hydrogen-bond acceptors (Lipinski definition) is 3. The van der Waals surface area contributed by atoms with E-state index in [4.69, 9.17) is 17.3 Å². The summed E-state index contributed by atoms with van der Waals surface area (Å²) in [5.41, 5.74) is 7.23. The first-order valence-electron chi connectivity index (χ1n) is 3.66. The summed E-state index contributed by atoms with van der Waals surface area (Å²) in [6.45, 7) is 2.07. The van der Waals surface area contributed by atoms with Gasteiger partial charge in [-0.05, 0) is 18.2 Å². The average Bonchev–Trinajstić information content (AvgIpc) is 1.99. The Kier molecular flexibility index (Phi) is 3.56. The Morgan fingerprint density at radius 2 is 2.25 bits per heavy atom. The summed E-state index contributed by atoms with van der Waals surface area (Å²) in [6, 6.07) is 5.43. The van der Waals surface area contributed by atoms with Crippen LogP contribution in [0, 0.1) is 0 Å². The minimum atomic E-state index is 0.661. The van der Waals surface area contributed by atoms with Gasteiger partial charge in [-0.15, -0.1) is 0 Å². The summed E-state index contributed by atoms with van der Waals surface area (Å²) in [7, 11) is 0. The van der Waals surface area contributed by atoms with Crippen molar-refractivity contribution in [3.63, 3.8) is 0 Å². The van der Waals surface area contributed by atoms with E-state index >= 15 is 0 Å². The Balaban J connectivity index is 2.72. The molecular weight excluding hydrogens is 192 g/mol. The first-order valence-corrected chi connectivity index (χ1v) is 5.02. The summed E-state index contributed by atoms with van der Waals surface area (Å²) >= 11 is 7.41. The summed E-state index contributed by atoms with van der Waals surface area (Å²) in [5, 5.41) is 0.661. The zero-order chi connectivity index (χ0) is 8.97. The Morgan fingerprint density at radius 1 is 1.50 bits per heavy atom. The lowest BCUT2D eigenvalue weighted by Crippen LogP contribution is -1.90. The standard InChI is InChI=1S/C8H11ClN2S/c1-2-12-11-8-4-6(9)3-7(10)5-8/h3-5,11H,2,10H2,1H3. The van der Waals surface area contributed by atoms with Gasteiger partial charge in [0.1, 0.15) is 0 Å². The Bertz CT molecular complexity index is 245. The lowest BCUT2D eigenvalue weighted by Gasteiger charge is -2.04. The van der Waals surface area contributed by atoms with Gasteiger partial charge < -0.3 is 10.5 Å². The maximum Gasteiger partial charge on any atom is 0.0475 e. The molecule has 0 aliphatic carbocycles. The second kappa shape index (κ2) is 4.48. The van der Waals surface area contributed by atoms with Crippen molar-refractivity contribution in [3.05, 3.63) is 23.2 Å². The van der Waals surface area contributed by atoms with Gasteiger partial charge in [-0.3, -0.25) is 0 Å². The van der Waals surface area contributed by atoms with Crippen LogP contribution in [-0.2, 0) is 0 Å². The largest absolute Gasteiger partial charge is 0.399 e. The van der Waals surface area contributed by atoms with Crippen LogP contribution < -0.4 is 10.5 Å². The minimum absolute atomic E-state index is 0.661. The van der Waals surface area contributed by atoms with E-state index in [0.717, 1.165) is 11.4 Å². The summed E-state index contributed by atoms with van der Waals surface area (Å²) in [4.78, 5) is 0. The van der Waals surface area contributed by atoms with E-state index in [1.807, 2.05) is 12.1 Å². The van der Waals surface area contributed by atoms with Crippen LogP contribution in [0.1, 0.15) is 6.92 Å². The molecule has 0 heterocycles. The number of nitrogens with two attached hydrogens (primary N) is 1. The van der Waals surface area contributed by atoms with Gasteiger partial charge in [0.05, 0.1) is 0 Å². The smallest absolute Gasteiger partial charge is 0.0475 e. The highest BCUT2D eigenvalue weighted by molar-refractivity contribution is 8.00. The zero-order valence-corrected chi connectivity index (χ0v) is 8.38. The van der Waals surface area contributed by atoms with Gasteiger partial charge >= 0.3 is 0 Å². The van der Waals surface area contributed by atoms with Crippen LogP contribution in [0.2, 0.25) is 5.02 Å². The first kappa shape index (κ1) is 9.55. The molecule has 1 aromatic carbocycles. The van der Waals surface area contributed by atoms with Gasteiger partial charge in [0.15, 0.2) is 0 Å². The number of nitrogen functional groups attached to an aromatic ring is 1. The second-order valence-corrected chi connectivity index (χ2v) is 3.81. The van der Waals surface area contributed by atoms with Crippen molar-refractivity contribution in [3.8, 4) is 0 Å². The molecule has 1 rings (SSSR count). The van der Waals surface area contributed by atoms with Gasteiger partial charge in [0.2, 0.25) is 0 Å². The van der Waals surface area contributed by atoms with E-state index in [1.54, 1.807) is 18.0 Å². The van der Waals surface area contributed by atoms with Crippen molar-refractivity contribution in [2.24, 2.45) is 0 Å². The highest BCUT2D eigenvalue weighted by Gasteiger charge is 1.95. The summed E-state index contributed by atoms with van der Waals surface area (Å²) in [5.74, 6) is 1.01. The third-order valence-corrected chi connectivity index (χ3v) is 2.14. The number of anilines is 2. The molecule has 0 amide bonds. The summed E-state index contributed by atoms with van der Waals surface area (Å²) in [6.07, 6.45) is 0. The maximum absolute atomic E-state index is 5.80. The molecule has 0 spiro atoms. The van der Waals surface area contributed by atoms with Crippen LogP contribution in [0.5, 0.6) is 0 Å². The monoisotopic (exact) mass is 202 g/mol. The molecule has 2 nitrogen and oxygen atoms in total. The SMILES string of the molecule is CCSNc1cc(N)cc(Cl)c1. The van der Waals surface area contributed by atoms with Crippen LogP contribution in [0.25, 0.3) is 0 Å². The fourth-order valence-corrected chi connectivity index (χ4v) is 1.50. The molecular formula is C8H11ClN2S. The Hall–Kier alpha value is -0.540. The zero-order valence-electron chi connectivity index (χ0n) is 6.80. The fourth-order valence-electron chi connectivity index (χ4n) is 0.827. The van der Waals surface area contributed by atoms with Gasteiger partial charge in [-0.2, -0.15) is 0 Å². The van der Waals surface area contributed by atoms with Crippen molar-refractivity contribution in [1.29, 1.82) is 0 Å². The second-order valence-electron chi connectivity index (χ2n) is 2.31. The lowest BCUT2D eigenvalue weighted by atomic mass is 10.3. The van der Waals surface area contributed by atoms with E-state index < -0.39 is 0 Å². The van der Waals surface area contributed by atoms with Gasteiger partial charge in [-0.25, -0.2) is 0 Å². The van der Waals surface area contributed by atoms with E-state index in [-0.39, 0.29) is 0 Å². The molecule has 0 aliphatic heterocycles. The maximum atomic E-state index is 5.80. The van der Waals surface area contributed by atoms with Crippen molar-refractivity contribution in [2.45, 2.75) is 6.92 Å². The number of hydrogen-bond donors (Lipinski definition) is 2. The molecule has 0 radical (unpaired) electrons. The van der Waals surface area contributed by atoms with Crippen molar-refractivity contribution in [2.75, 3.05) is 16.2 Å². The molecule has 1 aromatic rings. The molecule has 0 aliphatic rings. The molecule has 0 aromatic heterocycles. The van der Waals surface area contributed by atoms with E-state index in [1.165, 1.54) is 0 Å². The number of benzene rings is 1. The average molecular weight is 203 g/mol. The molecule has 0 unspecified atom stereocenters. The molecule has 0 atom stereocenters. The number of halogens is 1. The molecule has 0 fully saturated rings. The minimum Gasteiger partial charge on any atom is -0.399 e. The molecule has 66 valence electrons. The molecule has 0 bridgehead atoms. The molecule has 3 N–H and O–H groups in total. The lowest BCUT2D eigenvalue weighted by molar-refractivity contribution is 1.52. The molecule has 0 saturated heterocycles. The quantitative estimate of drug-likeness (QED) is 0.585. The predicted octanol–water partition coefficient (Wildman–Crippen LogP) is 3.00. The Labute approximate surface area is 81.6 Å². The third kappa shape index (κ3) is 2.83. The molecule has 0 saturated carbocycles. The van der Waals surface area contributed by atoms with Crippen LogP contribution in [0.15, 0.2) is 18.2 Å². The number of nitrogens with one attached hydrogen (secondary N) is 1. The van der Waals surface area contributed by atoms with Crippen LogP contribution >= 0.6 is 23.5 Å². The normalized spacial score (nSPS) is 9.83. The highest BCUT2D eigenvalue weighted by atomic mass is 35.5. The van der Waals surface area contributed by atoms with Crippen molar-refractivity contribution in [1.82, 2.24) is 0 Å². The fraction of sp³-hybridized carbons (Fsp3) is 0.250. The van der Waals surface area contributed by atoms with E-state index in [0.29, 0.717) is 10.7 Å². The topological polar surface area (TPSA) is 38.0 Å². The van der Waals surface area contributed by atoms with Gasteiger partial charge in [-0.1, -0.05) is 30.5 Å². The van der Waals surface area contributed by atoms with Gasteiger partial charge in [0.25, 0.3) is 0 Å². The molecule has 4 heteroatoms.